The predicted octanol–water partition coefficient (Wildman–Crippen LogP) is 3.88. The van der Waals surface area contributed by atoms with Gasteiger partial charge in [0.05, 0.1) is 4.83 Å². The molecule has 0 aliphatic heterocycles. The van der Waals surface area contributed by atoms with Crippen molar-refractivity contribution >= 4 is 29.8 Å². The van der Waals surface area contributed by atoms with Crippen molar-refractivity contribution < 1.29 is 4.79 Å². The number of halogens is 1. The quantitative estimate of drug-likeness (QED) is 0.351. The zero-order valence-corrected chi connectivity index (χ0v) is 13.3. The topological polar surface area (TPSA) is 17.1 Å². The van der Waals surface area contributed by atoms with E-state index in [4.69, 9.17) is 0 Å². The van der Waals surface area contributed by atoms with Crippen LogP contribution in [-0.4, -0.2) is 18.7 Å². The van der Waals surface area contributed by atoms with E-state index in [0.29, 0.717) is 0 Å². The van der Waals surface area contributed by atoms with E-state index in [9.17, 15) is 4.79 Å². The maximum atomic E-state index is 11.8. The number of hydrogen-bond donors (Lipinski definition) is 0. The summed E-state index contributed by atoms with van der Waals surface area (Å²) in [6.45, 7) is 8.45. The lowest BCUT2D eigenvalue weighted by Crippen LogP contribution is -2.16. The number of ketones is 1. The van der Waals surface area contributed by atoms with Gasteiger partial charge in [-0.2, -0.15) is 0 Å². The normalized spacial score (nSPS) is 12.5. The van der Waals surface area contributed by atoms with Crippen LogP contribution >= 0.6 is 15.9 Å². The lowest BCUT2D eigenvalue weighted by atomic mass is 10.1. The van der Waals surface area contributed by atoms with Crippen LogP contribution in [0.2, 0.25) is 19.6 Å². The van der Waals surface area contributed by atoms with Crippen molar-refractivity contribution in [3.8, 4) is 11.5 Å². The van der Waals surface area contributed by atoms with Gasteiger partial charge in [-0.25, -0.2) is 0 Å². The van der Waals surface area contributed by atoms with Crippen LogP contribution in [0.25, 0.3) is 0 Å². The fourth-order valence-corrected chi connectivity index (χ4v) is 2.02. The number of rotatable bonds is 2. The minimum absolute atomic E-state index is 0.0988. The molecule has 1 rings (SSSR count). The third-order valence-electron chi connectivity index (χ3n) is 2.09. The van der Waals surface area contributed by atoms with Crippen LogP contribution in [0.5, 0.6) is 0 Å². The Morgan fingerprint density at radius 3 is 2.53 bits per heavy atom. The van der Waals surface area contributed by atoms with Gasteiger partial charge in [0.1, 0.15) is 8.07 Å². The lowest BCUT2D eigenvalue weighted by molar-refractivity contribution is 0.0996. The first-order chi connectivity index (χ1) is 7.79. The van der Waals surface area contributed by atoms with Crippen molar-refractivity contribution in [2.45, 2.75) is 31.4 Å². The molecule has 1 nitrogen and oxygen atoms in total. The molecule has 0 aromatic heterocycles. The molecule has 90 valence electrons. The molecule has 0 fully saturated rings. The Balaban J connectivity index is 3.01. The summed E-state index contributed by atoms with van der Waals surface area (Å²) in [6, 6.07) is 7.53. The van der Waals surface area contributed by atoms with E-state index < -0.39 is 8.07 Å². The number of hydrogen-bond acceptors (Lipinski definition) is 1. The zero-order chi connectivity index (χ0) is 13.1. The summed E-state index contributed by atoms with van der Waals surface area (Å²) in [5, 5.41) is 0. The summed E-state index contributed by atoms with van der Waals surface area (Å²) in [5.74, 6) is 3.26. The first kappa shape index (κ1) is 14.2. The van der Waals surface area contributed by atoms with Crippen molar-refractivity contribution in [3.05, 3.63) is 35.4 Å². The molecule has 3 heteroatoms. The molecular formula is C14H17BrOSi. The van der Waals surface area contributed by atoms with Gasteiger partial charge >= 0.3 is 0 Å². The Labute approximate surface area is 113 Å². The van der Waals surface area contributed by atoms with Crippen molar-refractivity contribution in [2.75, 3.05) is 0 Å². The van der Waals surface area contributed by atoms with Crippen LogP contribution in [0.3, 0.4) is 0 Å². The average molecular weight is 309 g/mol. The van der Waals surface area contributed by atoms with Crippen LogP contribution in [-0.2, 0) is 0 Å². The summed E-state index contributed by atoms with van der Waals surface area (Å²) in [6.07, 6.45) is 0. The second-order valence-electron chi connectivity index (χ2n) is 5.06. The van der Waals surface area contributed by atoms with Gasteiger partial charge in [0.2, 0.25) is 0 Å². The molecule has 17 heavy (non-hydrogen) atoms. The highest BCUT2D eigenvalue weighted by atomic mass is 79.9. The van der Waals surface area contributed by atoms with Crippen molar-refractivity contribution in [3.63, 3.8) is 0 Å². The van der Waals surface area contributed by atoms with Crippen LogP contribution < -0.4 is 0 Å². The molecular weight excluding hydrogens is 292 g/mol. The average Bonchev–Trinajstić information content (AvgIpc) is 2.24. The molecule has 1 unspecified atom stereocenters. The second kappa shape index (κ2) is 5.66. The molecule has 0 radical (unpaired) electrons. The Kier molecular flexibility index (Phi) is 4.73. The molecule has 0 N–H and O–H groups in total. The fraction of sp³-hybridized carbons (Fsp3) is 0.357. The van der Waals surface area contributed by atoms with Gasteiger partial charge in [-0.05, 0) is 19.1 Å². The predicted molar refractivity (Wildman–Crippen MR) is 79.4 cm³/mol. The van der Waals surface area contributed by atoms with Gasteiger partial charge in [-0.3, -0.25) is 4.79 Å². The van der Waals surface area contributed by atoms with Gasteiger partial charge < -0.3 is 0 Å². The molecule has 0 amide bonds. The van der Waals surface area contributed by atoms with Crippen molar-refractivity contribution in [1.29, 1.82) is 0 Å². The van der Waals surface area contributed by atoms with E-state index in [2.05, 4.69) is 47.0 Å². The Hall–Kier alpha value is -0.853. The largest absolute Gasteiger partial charge is 0.293 e. The highest BCUT2D eigenvalue weighted by Gasteiger charge is 2.12. The second-order valence-corrected chi connectivity index (χ2v) is 11.2. The maximum Gasteiger partial charge on any atom is 0.176 e. The third-order valence-corrected chi connectivity index (χ3v) is 3.38. The smallest absolute Gasteiger partial charge is 0.176 e. The monoisotopic (exact) mass is 308 g/mol. The van der Waals surface area contributed by atoms with E-state index in [0.717, 1.165) is 11.1 Å². The summed E-state index contributed by atoms with van der Waals surface area (Å²) in [4.78, 5) is 11.7. The van der Waals surface area contributed by atoms with E-state index >= 15 is 0 Å². The highest BCUT2D eigenvalue weighted by molar-refractivity contribution is 9.10. The number of Topliss-reactive ketones (excluding diaryl/α,β-unsaturated/α-hetero) is 1. The first-order valence-corrected chi connectivity index (χ1v) is 10.0. The first-order valence-electron chi connectivity index (χ1n) is 5.61. The molecule has 0 saturated heterocycles. The summed E-state index contributed by atoms with van der Waals surface area (Å²) in [5.41, 5.74) is 4.94. The number of carbonyl (C=O) groups is 1. The van der Waals surface area contributed by atoms with Crippen molar-refractivity contribution in [1.82, 2.24) is 0 Å². The molecule has 0 bridgehead atoms. The molecule has 1 aromatic rings. The third kappa shape index (κ3) is 4.89. The van der Waals surface area contributed by atoms with E-state index in [1.807, 2.05) is 31.2 Å². The number of alkyl halides is 1. The molecule has 0 heterocycles. The van der Waals surface area contributed by atoms with Gasteiger partial charge in [-0.1, -0.05) is 53.6 Å². The Bertz CT molecular complexity index is 475. The summed E-state index contributed by atoms with van der Waals surface area (Å²) >= 11 is 3.29. The van der Waals surface area contributed by atoms with Crippen LogP contribution in [0, 0.1) is 11.5 Å². The zero-order valence-electron chi connectivity index (χ0n) is 10.7. The number of carbonyl (C=O) groups excluding carboxylic acids is 1. The van der Waals surface area contributed by atoms with Crippen molar-refractivity contribution in [2.24, 2.45) is 0 Å². The van der Waals surface area contributed by atoms with E-state index in [-0.39, 0.29) is 10.6 Å². The molecule has 1 aromatic carbocycles. The molecule has 0 spiro atoms. The van der Waals surface area contributed by atoms with Gasteiger partial charge in [0.15, 0.2) is 5.78 Å². The minimum Gasteiger partial charge on any atom is -0.293 e. The van der Waals surface area contributed by atoms with Crippen LogP contribution in [0.4, 0.5) is 0 Å². The van der Waals surface area contributed by atoms with Gasteiger partial charge in [-0.15, -0.1) is 5.54 Å². The highest BCUT2D eigenvalue weighted by Crippen LogP contribution is 2.11. The molecule has 0 aliphatic rings. The minimum atomic E-state index is -1.36. The van der Waals surface area contributed by atoms with E-state index in [1.165, 1.54) is 0 Å². The summed E-state index contributed by atoms with van der Waals surface area (Å²) < 4.78 is 0. The van der Waals surface area contributed by atoms with Gasteiger partial charge in [0, 0.05) is 11.1 Å². The van der Waals surface area contributed by atoms with Crippen LogP contribution in [0.15, 0.2) is 24.3 Å². The maximum absolute atomic E-state index is 11.8. The molecule has 1 atom stereocenters. The Morgan fingerprint density at radius 1 is 1.35 bits per heavy atom. The Morgan fingerprint density at radius 2 is 2.00 bits per heavy atom. The lowest BCUT2D eigenvalue weighted by Gasteiger charge is -2.05. The van der Waals surface area contributed by atoms with E-state index in [1.54, 1.807) is 0 Å². The fourth-order valence-electron chi connectivity index (χ4n) is 1.24. The standard InChI is InChI=1S/C14H17BrOSi/c1-11(15)14(16)13-7-5-6-12(10-13)8-9-17(2,3)4/h5-7,10-11H,1-4H3. The van der Waals surface area contributed by atoms with Gasteiger partial charge in [0.25, 0.3) is 0 Å². The number of benzene rings is 1. The molecule has 0 aliphatic carbocycles. The SMILES string of the molecule is CC(Br)C(=O)c1cccc(C#C[Si](C)(C)C)c1. The van der Waals surface area contributed by atoms with Crippen LogP contribution in [0.1, 0.15) is 22.8 Å². The summed E-state index contributed by atoms with van der Waals surface area (Å²) in [7, 11) is -1.36. The molecule has 0 saturated carbocycles.